The molecule has 1 aromatic heterocycles. The van der Waals surface area contributed by atoms with Crippen molar-refractivity contribution in [2.45, 2.75) is 6.54 Å². The van der Waals surface area contributed by atoms with Crippen LogP contribution in [0.15, 0.2) is 114 Å². The zero-order valence-corrected chi connectivity index (χ0v) is 21.5. The van der Waals surface area contributed by atoms with Crippen LogP contribution in [0.1, 0.15) is 16.7 Å². The second-order valence-corrected chi connectivity index (χ2v) is 9.35. The number of aromatic hydroxyl groups is 1. The predicted molar refractivity (Wildman–Crippen MR) is 154 cm³/mol. The number of amides is 1. The number of para-hydroxylation sites is 1. The van der Waals surface area contributed by atoms with E-state index in [9.17, 15) is 9.90 Å². The lowest BCUT2D eigenvalue weighted by Gasteiger charge is -2.22. The van der Waals surface area contributed by atoms with Gasteiger partial charge in [-0.1, -0.05) is 78.9 Å². The summed E-state index contributed by atoms with van der Waals surface area (Å²) in [6, 6.07) is 35.3. The van der Waals surface area contributed by atoms with Crippen molar-refractivity contribution in [2.24, 2.45) is 4.99 Å². The lowest BCUT2D eigenvalue weighted by molar-refractivity contribution is -0.119. The maximum absolute atomic E-state index is 12.9. The molecule has 2 N–H and O–H groups in total. The highest BCUT2D eigenvalue weighted by atomic mass is 16.3. The molecular weight excluding hydrogens is 472 g/mol. The van der Waals surface area contributed by atoms with Crippen molar-refractivity contribution in [2.75, 3.05) is 25.5 Å². The van der Waals surface area contributed by atoms with E-state index in [4.69, 9.17) is 4.99 Å². The Morgan fingerprint density at radius 3 is 2.16 bits per heavy atom. The summed E-state index contributed by atoms with van der Waals surface area (Å²) < 4.78 is 0. The van der Waals surface area contributed by atoms with Crippen molar-refractivity contribution in [3.8, 4) is 5.88 Å². The van der Waals surface area contributed by atoms with Gasteiger partial charge in [0.1, 0.15) is 0 Å². The molecule has 0 aliphatic carbocycles. The van der Waals surface area contributed by atoms with Gasteiger partial charge in [0.05, 0.1) is 23.5 Å². The summed E-state index contributed by atoms with van der Waals surface area (Å²) in [5, 5.41) is 11.7. The quantitative estimate of drug-likeness (QED) is 0.251. The average Bonchev–Trinajstić information content (AvgIpc) is 3.28. The van der Waals surface area contributed by atoms with Crippen LogP contribution in [0.4, 0.5) is 11.4 Å². The summed E-state index contributed by atoms with van der Waals surface area (Å²) in [5.41, 5.74) is 5.74. The third-order valence-electron chi connectivity index (χ3n) is 6.52. The van der Waals surface area contributed by atoms with Gasteiger partial charge in [0, 0.05) is 35.7 Å². The fourth-order valence-electron chi connectivity index (χ4n) is 4.54. The molecule has 0 saturated heterocycles. The Morgan fingerprint density at radius 1 is 0.816 bits per heavy atom. The largest absolute Gasteiger partial charge is 0.494 e. The van der Waals surface area contributed by atoms with Gasteiger partial charge in [-0.15, -0.1) is 0 Å². The van der Waals surface area contributed by atoms with Gasteiger partial charge in [0.2, 0.25) is 5.91 Å². The first-order valence-electron chi connectivity index (χ1n) is 12.5. The van der Waals surface area contributed by atoms with E-state index < -0.39 is 0 Å². The highest BCUT2D eigenvalue weighted by Gasteiger charge is 2.19. The van der Waals surface area contributed by atoms with E-state index in [0.29, 0.717) is 24.4 Å². The van der Waals surface area contributed by atoms with E-state index in [1.54, 1.807) is 11.9 Å². The number of aliphatic imine (C=N–C) groups is 1. The summed E-state index contributed by atoms with van der Waals surface area (Å²) in [4.78, 5) is 24.6. The Bertz CT molecular complexity index is 1560. The van der Waals surface area contributed by atoms with Crippen LogP contribution in [0, 0.1) is 0 Å². The fourth-order valence-corrected chi connectivity index (χ4v) is 4.54. The van der Waals surface area contributed by atoms with Crippen molar-refractivity contribution in [1.29, 1.82) is 0 Å². The summed E-state index contributed by atoms with van der Waals surface area (Å²) in [6.45, 7) is 1.01. The molecule has 5 rings (SSSR count). The molecule has 5 aromatic rings. The van der Waals surface area contributed by atoms with E-state index in [0.717, 1.165) is 27.8 Å². The first kappa shape index (κ1) is 25.0. The number of likely N-dealkylation sites (N-methyl/N-ethyl adjacent to an activating group) is 2. The van der Waals surface area contributed by atoms with Gasteiger partial charge in [-0.05, 0) is 42.9 Å². The van der Waals surface area contributed by atoms with Crippen LogP contribution in [-0.2, 0) is 11.3 Å². The number of carbonyl (C=O) groups excluding carboxylic acids is 1. The second kappa shape index (κ2) is 11.2. The normalized spacial score (nSPS) is 11.7. The highest BCUT2D eigenvalue weighted by Crippen LogP contribution is 2.31. The molecule has 1 heterocycles. The number of carbonyl (C=O) groups is 1. The monoisotopic (exact) mass is 502 g/mol. The topological polar surface area (TPSA) is 71.9 Å². The highest BCUT2D eigenvalue weighted by molar-refractivity contribution is 6.21. The number of H-pyrrole nitrogens is 1. The minimum absolute atomic E-state index is 0.00775. The van der Waals surface area contributed by atoms with Crippen molar-refractivity contribution in [3.63, 3.8) is 0 Å². The number of aromatic nitrogens is 1. The Morgan fingerprint density at radius 2 is 1.45 bits per heavy atom. The van der Waals surface area contributed by atoms with Crippen LogP contribution < -0.4 is 4.90 Å². The fraction of sp³-hybridized carbons (Fsp3) is 0.125. The Hall–Kier alpha value is -4.68. The van der Waals surface area contributed by atoms with E-state index in [1.807, 2.05) is 109 Å². The Balaban J connectivity index is 1.38. The SMILES string of the molecule is CN(CC(=O)N(C)c1ccc(N=C(c2ccccc2)c2c(O)[nH]c3ccccc23)cc1)Cc1ccccc1. The number of benzene rings is 4. The lowest BCUT2D eigenvalue weighted by Crippen LogP contribution is -2.36. The molecule has 6 nitrogen and oxygen atoms in total. The molecule has 4 aromatic carbocycles. The maximum Gasteiger partial charge on any atom is 0.240 e. The molecule has 0 saturated carbocycles. The molecule has 0 spiro atoms. The van der Waals surface area contributed by atoms with E-state index >= 15 is 0 Å². The molecule has 0 atom stereocenters. The van der Waals surface area contributed by atoms with Crippen molar-refractivity contribution in [3.05, 3.63) is 126 Å². The summed E-state index contributed by atoms with van der Waals surface area (Å²) >= 11 is 0. The third-order valence-corrected chi connectivity index (χ3v) is 6.52. The number of hydrogen-bond acceptors (Lipinski definition) is 4. The van der Waals surface area contributed by atoms with Gasteiger partial charge in [-0.3, -0.25) is 9.69 Å². The van der Waals surface area contributed by atoms with Gasteiger partial charge in [-0.25, -0.2) is 4.99 Å². The molecule has 1 amide bonds. The third kappa shape index (κ3) is 5.51. The summed E-state index contributed by atoms with van der Waals surface area (Å²) in [6.07, 6.45) is 0. The Kier molecular flexibility index (Phi) is 7.33. The average molecular weight is 503 g/mol. The molecule has 0 aliphatic rings. The molecule has 0 bridgehead atoms. The first-order chi connectivity index (χ1) is 18.5. The number of rotatable bonds is 8. The molecule has 6 heteroatoms. The molecular formula is C32H30N4O2. The number of aromatic amines is 1. The number of nitrogens with zero attached hydrogens (tertiary/aromatic N) is 3. The van der Waals surface area contributed by atoms with Crippen LogP contribution in [0.3, 0.4) is 0 Å². The van der Waals surface area contributed by atoms with E-state index in [2.05, 4.69) is 17.1 Å². The van der Waals surface area contributed by atoms with Crippen LogP contribution >= 0.6 is 0 Å². The summed E-state index contributed by atoms with van der Waals surface area (Å²) in [7, 11) is 3.73. The maximum atomic E-state index is 12.9. The van der Waals surface area contributed by atoms with Crippen LogP contribution in [0.2, 0.25) is 0 Å². The first-order valence-corrected chi connectivity index (χ1v) is 12.5. The van der Waals surface area contributed by atoms with Gasteiger partial charge in [0.15, 0.2) is 5.88 Å². The smallest absolute Gasteiger partial charge is 0.240 e. The number of fused-ring (bicyclic) bond motifs is 1. The zero-order valence-electron chi connectivity index (χ0n) is 21.5. The van der Waals surface area contributed by atoms with Crippen LogP contribution in [0.5, 0.6) is 5.88 Å². The minimum atomic E-state index is 0.00775. The second-order valence-electron chi connectivity index (χ2n) is 9.35. The summed E-state index contributed by atoms with van der Waals surface area (Å²) in [5.74, 6) is 0.0868. The molecule has 0 unspecified atom stereocenters. The van der Waals surface area contributed by atoms with Crippen molar-refractivity contribution in [1.82, 2.24) is 9.88 Å². The van der Waals surface area contributed by atoms with Crippen molar-refractivity contribution < 1.29 is 9.90 Å². The molecule has 0 radical (unpaired) electrons. The standard InChI is InChI=1S/C32H30N4O2/c1-35(21-23-11-5-3-6-12-23)22-29(37)36(2)26-19-17-25(18-20-26)33-31(24-13-7-4-8-14-24)30-27-15-9-10-16-28(27)34-32(30)38/h3-20,34,38H,21-22H2,1-2H3. The number of hydrogen-bond donors (Lipinski definition) is 2. The lowest BCUT2D eigenvalue weighted by atomic mass is 10.0. The van der Waals surface area contributed by atoms with Gasteiger partial charge in [-0.2, -0.15) is 0 Å². The minimum Gasteiger partial charge on any atom is -0.494 e. The van der Waals surface area contributed by atoms with Gasteiger partial charge in [0.25, 0.3) is 0 Å². The van der Waals surface area contributed by atoms with Crippen molar-refractivity contribution >= 4 is 33.9 Å². The van der Waals surface area contributed by atoms with E-state index in [1.165, 1.54) is 5.56 Å². The molecule has 0 fully saturated rings. The molecule has 190 valence electrons. The van der Waals surface area contributed by atoms with Gasteiger partial charge < -0.3 is 15.0 Å². The number of anilines is 1. The Labute approximate surface area is 222 Å². The molecule has 38 heavy (non-hydrogen) atoms. The van der Waals surface area contributed by atoms with Crippen LogP contribution in [0.25, 0.3) is 10.9 Å². The van der Waals surface area contributed by atoms with Crippen LogP contribution in [-0.4, -0.2) is 47.2 Å². The molecule has 0 aliphatic heterocycles. The van der Waals surface area contributed by atoms with E-state index in [-0.39, 0.29) is 11.8 Å². The zero-order chi connectivity index (χ0) is 26.5. The predicted octanol–water partition coefficient (Wildman–Crippen LogP) is 6.14. The number of nitrogens with one attached hydrogen (secondary N) is 1. The van der Waals surface area contributed by atoms with Gasteiger partial charge >= 0.3 is 0 Å².